The average molecular weight is 280 g/mol. The minimum Gasteiger partial charge on any atom is -0.300 e. The first-order chi connectivity index (χ1) is 9.13. The number of rotatable bonds is 4. The van der Waals surface area contributed by atoms with Crippen LogP contribution in [0.25, 0.3) is 0 Å². The summed E-state index contributed by atoms with van der Waals surface area (Å²) in [4.78, 5) is 27.9. The Balaban J connectivity index is 2.46. The van der Waals surface area contributed by atoms with Gasteiger partial charge >= 0.3 is 5.69 Å². The fraction of sp³-hybridized carbons (Fsp3) is 0.308. The Morgan fingerprint density at radius 3 is 2.79 bits per heavy atom. The van der Waals surface area contributed by atoms with E-state index >= 15 is 0 Å². The summed E-state index contributed by atoms with van der Waals surface area (Å²) >= 11 is 5.94. The van der Waals surface area contributed by atoms with Crippen molar-refractivity contribution in [2.45, 2.75) is 26.4 Å². The van der Waals surface area contributed by atoms with E-state index in [1.54, 1.807) is 18.3 Å². The summed E-state index contributed by atoms with van der Waals surface area (Å²) < 4.78 is 2.68. The molecule has 0 radical (unpaired) electrons. The SMILES string of the molecule is CCCn1ccc(=O)n(Cc2cccnc2Cl)c1=O. The van der Waals surface area contributed by atoms with Gasteiger partial charge in [0.25, 0.3) is 5.56 Å². The largest absolute Gasteiger partial charge is 0.331 e. The second kappa shape index (κ2) is 5.84. The molecule has 0 aliphatic carbocycles. The topological polar surface area (TPSA) is 56.9 Å². The Morgan fingerprint density at radius 2 is 2.11 bits per heavy atom. The number of pyridine rings is 1. The van der Waals surface area contributed by atoms with Gasteiger partial charge in [0.15, 0.2) is 0 Å². The van der Waals surface area contributed by atoms with Gasteiger partial charge < -0.3 is 4.57 Å². The monoisotopic (exact) mass is 279 g/mol. The first-order valence-corrected chi connectivity index (χ1v) is 6.41. The van der Waals surface area contributed by atoms with Gasteiger partial charge in [0.05, 0.1) is 6.54 Å². The fourth-order valence-electron chi connectivity index (χ4n) is 1.82. The summed E-state index contributed by atoms with van der Waals surface area (Å²) in [5.74, 6) is 0. The number of aryl methyl sites for hydroxylation is 1. The van der Waals surface area contributed by atoms with Crippen LogP contribution < -0.4 is 11.2 Å². The molecule has 0 aliphatic heterocycles. The van der Waals surface area contributed by atoms with Crippen molar-refractivity contribution in [2.75, 3.05) is 0 Å². The van der Waals surface area contributed by atoms with Crippen molar-refractivity contribution in [3.8, 4) is 0 Å². The highest BCUT2D eigenvalue weighted by Gasteiger charge is 2.08. The molecular weight excluding hydrogens is 266 g/mol. The van der Waals surface area contributed by atoms with Gasteiger partial charge in [-0.15, -0.1) is 0 Å². The second-order valence-electron chi connectivity index (χ2n) is 4.17. The lowest BCUT2D eigenvalue weighted by Crippen LogP contribution is -2.39. The number of halogens is 1. The van der Waals surface area contributed by atoms with E-state index in [0.29, 0.717) is 17.3 Å². The minimum absolute atomic E-state index is 0.134. The lowest BCUT2D eigenvalue weighted by Gasteiger charge is -2.09. The number of hydrogen-bond acceptors (Lipinski definition) is 3. The van der Waals surface area contributed by atoms with E-state index < -0.39 is 0 Å². The smallest absolute Gasteiger partial charge is 0.300 e. The Kier molecular flexibility index (Phi) is 4.16. The highest BCUT2D eigenvalue weighted by molar-refractivity contribution is 6.30. The molecule has 0 aromatic carbocycles. The zero-order valence-electron chi connectivity index (χ0n) is 10.5. The summed E-state index contributed by atoms with van der Waals surface area (Å²) in [6.45, 7) is 2.69. The third kappa shape index (κ3) is 2.93. The van der Waals surface area contributed by atoms with Gasteiger partial charge in [0, 0.05) is 30.6 Å². The van der Waals surface area contributed by atoms with Crippen LogP contribution in [0.5, 0.6) is 0 Å². The number of aromatic nitrogens is 3. The van der Waals surface area contributed by atoms with E-state index in [0.717, 1.165) is 6.42 Å². The second-order valence-corrected chi connectivity index (χ2v) is 4.53. The van der Waals surface area contributed by atoms with Crippen LogP contribution >= 0.6 is 11.6 Å². The van der Waals surface area contributed by atoms with E-state index in [-0.39, 0.29) is 17.8 Å². The van der Waals surface area contributed by atoms with Gasteiger partial charge in [-0.2, -0.15) is 0 Å². The summed E-state index contributed by atoms with van der Waals surface area (Å²) in [6.07, 6.45) is 3.91. The molecule has 2 heterocycles. The summed E-state index contributed by atoms with van der Waals surface area (Å²) in [5, 5.41) is 0.305. The summed E-state index contributed by atoms with van der Waals surface area (Å²) in [7, 11) is 0. The third-order valence-corrected chi connectivity index (χ3v) is 3.11. The van der Waals surface area contributed by atoms with Crippen LogP contribution in [0.4, 0.5) is 0 Å². The van der Waals surface area contributed by atoms with E-state index in [1.165, 1.54) is 21.4 Å². The van der Waals surface area contributed by atoms with Crippen LogP contribution in [0.1, 0.15) is 18.9 Å². The summed E-state index contributed by atoms with van der Waals surface area (Å²) in [5.41, 5.74) is -0.0100. The number of hydrogen-bond donors (Lipinski definition) is 0. The molecule has 2 rings (SSSR count). The molecule has 19 heavy (non-hydrogen) atoms. The molecule has 0 saturated heterocycles. The van der Waals surface area contributed by atoms with E-state index in [2.05, 4.69) is 4.98 Å². The van der Waals surface area contributed by atoms with Gasteiger partial charge in [0.1, 0.15) is 5.15 Å². The van der Waals surface area contributed by atoms with Gasteiger partial charge in [-0.05, 0) is 12.5 Å². The molecule has 0 fully saturated rings. The molecule has 0 aliphatic rings. The predicted molar refractivity (Wildman–Crippen MR) is 73.6 cm³/mol. The number of nitrogens with zero attached hydrogens (tertiary/aromatic N) is 3. The van der Waals surface area contributed by atoms with Crippen LogP contribution in [-0.2, 0) is 13.1 Å². The lowest BCUT2D eigenvalue weighted by atomic mass is 10.3. The lowest BCUT2D eigenvalue weighted by molar-refractivity contribution is 0.570. The highest BCUT2D eigenvalue weighted by Crippen LogP contribution is 2.11. The van der Waals surface area contributed by atoms with Crippen LogP contribution in [0.15, 0.2) is 40.2 Å². The van der Waals surface area contributed by atoms with Crippen LogP contribution in [0, 0.1) is 0 Å². The highest BCUT2D eigenvalue weighted by atomic mass is 35.5. The van der Waals surface area contributed by atoms with Crippen molar-refractivity contribution in [1.29, 1.82) is 0 Å². The predicted octanol–water partition coefficient (Wildman–Crippen LogP) is 1.52. The van der Waals surface area contributed by atoms with Crippen LogP contribution in [-0.4, -0.2) is 14.1 Å². The van der Waals surface area contributed by atoms with Crippen molar-refractivity contribution >= 4 is 11.6 Å². The molecule has 100 valence electrons. The normalized spacial score (nSPS) is 10.6. The van der Waals surface area contributed by atoms with Crippen molar-refractivity contribution < 1.29 is 0 Å². The molecule has 2 aromatic heterocycles. The Morgan fingerprint density at radius 1 is 1.32 bits per heavy atom. The molecule has 6 heteroatoms. The van der Waals surface area contributed by atoms with Crippen LogP contribution in [0.3, 0.4) is 0 Å². The van der Waals surface area contributed by atoms with Gasteiger partial charge in [-0.3, -0.25) is 9.36 Å². The Bertz CT molecular complexity index is 691. The molecule has 0 N–H and O–H groups in total. The van der Waals surface area contributed by atoms with Crippen molar-refractivity contribution in [3.05, 3.63) is 62.1 Å². The molecule has 0 saturated carbocycles. The van der Waals surface area contributed by atoms with Crippen molar-refractivity contribution in [1.82, 2.24) is 14.1 Å². The maximum atomic E-state index is 12.2. The van der Waals surface area contributed by atoms with Gasteiger partial charge in [-0.25, -0.2) is 9.78 Å². The first-order valence-electron chi connectivity index (χ1n) is 6.03. The van der Waals surface area contributed by atoms with Crippen molar-refractivity contribution in [3.63, 3.8) is 0 Å². The maximum Gasteiger partial charge on any atom is 0.331 e. The minimum atomic E-state index is -0.336. The Hall–Kier alpha value is -1.88. The van der Waals surface area contributed by atoms with Crippen molar-refractivity contribution in [2.24, 2.45) is 0 Å². The summed E-state index contributed by atoms with van der Waals surface area (Å²) in [6, 6.07) is 4.86. The molecule has 0 amide bonds. The molecule has 0 spiro atoms. The quantitative estimate of drug-likeness (QED) is 0.797. The molecule has 2 aromatic rings. The molecule has 5 nitrogen and oxygen atoms in total. The van der Waals surface area contributed by atoms with E-state index in [1.807, 2.05) is 6.92 Å². The fourth-order valence-corrected chi connectivity index (χ4v) is 2.00. The van der Waals surface area contributed by atoms with Gasteiger partial charge in [0.2, 0.25) is 0 Å². The zero-order valence-corrected chi connectivity index (χ0v) is 11.3. The van der Waals surface area contributed by atoms with Crippen LogP contribution in [0.2, 0.25) is 5.15 Å². The van der Waals surface area contributed by atoms with E-state index in [9.17, 15) is 9.59 Å². The molecular formula is C13H14ClN3O2. The maximum absolute atomic E-state index is 12.2. The first kappa shape index (κ1) is 13.5. The molecule has 0 unspecified atom stereocenters. The average Bonchev–Trinajstić information content (AvgIpc) is 2.40. The van der Waals surface area contributed by atoms with Gasteiger partial charge in [-0.1, -0.05) is 24.6 Å². The molecule has 0 atom stereocenters. The molecule has 0 bridgehead atoms. The standard InChI is InChI=1S/C13H14ClN3O2/c1-2-7-16-8-5-11(18)17(13(16)19)9-10-4-3-6-15-12(10)14/h3-6,8H,2,7,9H2,1H3. The third-order valence-electron chi connectivity index (χ3n) is 2.77. The zero-order chi connectivity index (χ0) is 13.8. The Labute approximate surface area is 115 Å². The van der Waals surface area contributed by atoms with E-state index in [4.69, 9.17) is 11.6 Å².